The number of hydrogen-bond acceptors (Lipinski definition) is 5. The van der Waals surface area contributed by atoms with Gasteiger partial charge in [-0.1, -0.05) is 18.2 Å². The molecule has 138 valence electrons. The number of nitrogens with zero attached hydrogens (tertiary/aromatic N) is 2. The fraction of sp³-hybridized carbons (Fsp3) is 0.190. The van der Waals surface area contributed by atoms with Gasteiger partial charge in [0.05, 0.1) is 41.5 Å². The van der Waals surface area contributed by atoms with Crippen molar-refractivity contribution < 1.29 is 9.53 Å². The summed E-state index contributed by atoms with van der Waals surface area (Å²) in [6.07, 6.45) is 4.97. The Labute approximate surface area is 158 Å². The van der Waals surface area contributed by atoms with Gasteiger partial charge < -0.3 is 15.4 Å². The number of rotatable bonds is 7. The van der Waals surface area contributed by atoms with Crippen LogP contribution in [0.1, 0.15) is 29.9 Å². The van der Waals surface area contributed by atoms with Crippen molar-refractivity contribution in [3.63, 3.8) is 0 Å². The SMILES string of the molecule is CC(C)Oc1ccccc1Nc1cncc(C(=O)NCc2ccccn2)c1. The molecular formula is C21H22N4O2. The van der Waals surface area contributed by atoms with E-state index in [0.29, 0.717) is 17.8 Å². The van der Waals surface area contributed by atoms with Crippen molar-refractivity contribution in [3.05, 3.63) is 78.4 Å². The average Bonchev–Trinajstić information content (AvgIpc) is 2.68. The maximum absolute atomic E-state index is 12.4. The molecule has 27 heavy (non-hydrogen) atoms. The first-order chi connectivity index (χ1) is 13.1. The summed E-state index contributed by atoms with van der Waals surface area (Å²) in [5.41, 5.74) is 2.80. The van der Waals surface area contributed by atoms with Crippen molar-refractivity contribution in [2.45, 2.75) is 26.5 Å². The predicted octanol–water partition coefficient (Wildman–Crippen LogP) is 3.94. The third kappa shape index (κ3) is 5.28. The highest BCUT2D eigenvalue weighted by atomic mass is 16.5. The van der Waals surface area contributed by atoms with E-state index < -0.39 is 0 Å². The molecule has 3 rings (SSSR count). The van der Waals surface area contributed by atoms with Crippen molar-refractivity contribution in [3.8, 4) is 5.75 Å². The molecule has 6 heteroatoms. The Kier molecular flexibility index (Phi) is 5.99. The van der Waals surface area contributed by atoms with Gasteiger partial charge in [-0.05, 0) is 44.2 Å². The number of amides is 1. The topological polar surface area (TPSA) is 76.1 Å². The molecule has 2 heterocycles. The average molecular weight is 362 g/mol. The van der Waals surface area contributed by atoms with Crippen molar-refractivity contribution in [2.24, 2.45) is 0 Å². The summed E-state index contributed by atoms with van der Waals surface area (Å²) in [4.78, 5) is 20.8. The first-order valence-electron chi connectivity index (χ1n) is 8.77. The van der Waals surface area contributed by atoms with E-state index in [9.17, 15) is 4.79 Å². The number of anilines is 2. The zero-order valence-corrected chi connectivity index (χ0v) is 15.3. The van der Waals surface area contributed by atoms with Gasteiger partial charge in [-0.15, -0.1) is 0 Å². The summed E-state index contributed by atoms with van der Waals surface area (Å²) >= 11 is 0. The van der Waals surface area contributed by atoms with E-state index in [4.69, 9.17) is 4.74 Å². The lowest BCUT2D eigenvalue weighted by Crippen LogP contribution is -2.23. The van der Waals surface area contributed by atoms with Crippen molar-refractivity contribution >= 4 is 17.3 Å². The molecule has 0 spiro atoms. The van der Waals surface area contributed by atoms with E-state index in [1.54, 1.807) is 18.5 Å². The van der Waals surface area contributed by atoms with Crippen LogP contribution in [0, 0.1) is 0 Å². The number of nitrogens with one attached hydrogen (secondary N) is 2. The maximum atomic E-state index is 12.4. The van der Waals surface area contributed by atoms with Crippen LogP contribution in [0.3, 0.4) is 0 Å². The van der Waals surface area contributed by atoms with E-state index in [0.717, 1.165) is 17.1 Å². The second-order valence-electron chi connectivity index (χ2n) is 6.25. The monoisotopic (exact) mass is 362 g/mol. The van der Waals surface area contributed by atoms with Crippen LogP contribution in [-0.4, -0.2) is 22.0 Å². The Hall–Kier alpha value is -3.41. The van der Waals surface area contributed by atoms with Crippen LogP contribution in [0.4, 0.5) is 11.4 Å². The normalized spacial score (nSPS) is 10.5. The number of carbonyl (C=O) groups excluding carboxylic acids is 1. The molecule has 2 N–H and O–H groups in total. The summed E-state index contributed by atoms with van der Waals surface area (Å²) in [5.74, 6) is 0.543. The van der Waals surface area contributed by atoms with Gasteiger partial charge >= 0.3 is 0 Å². The maximum Gasteiger partial charge on any atom is 0.253 e. The number of ether oxygens (including phenoxy) is 1. The molecule has 0 radical (unpaired) electrons. The van der Waals surface area contributed by atoms with Crippen LogP contribution >= 0.6 is 0 Å². The lowest BCUT2D eigenvalue weighted by molar-refractivity contribution is 0.0950. The zero-order valence-electron chi connectivity index (χ0n) is 15.3. The van der Waals surface area contributed by atoms with E-state index in [1.807, 2.05) is 56.3 Å². The number of benzene rings is 1. The van der Waals surface area contributed by atoms with Gasteiger partial charge in [0.1, 0.15) is 5.75 Å². The van der Waals surface area contributed by atoms with Gasteiger partial charge in [-0.3, -0.25) is 14.8 Å². The quantitative estimate of drug-likeness (QED) is 0.666. The third-order valence-electron chi connectivity index (χ3n) is 3.69. The van der Waals surface area contributed by atoms with Crippen LogP contribution in [0.25, 0.3) is 0 Å². The molecule has 1 aromatic carbocycles. The van der Waals surface area contributed by atoms with E-state index >= 15 is 0 Å². The lowest BCUT2D eigenvalue weighted by Gasteiger charge is -2.15. The summed E-state index contributed by atoms with van der Waals surface area (Å²) in [7, 11) is 0. The largest absolute Gasteiger partial charge is 0.489 e. The number of para-hydroxylation sites is 2. The van der Waals surface area contributed by atoms with Gasteiger partial charge in [0, 0.05) is 12.4 Å². The third-order valence-corrected chi connectivity index (χ3v) is 3.69. The molecule has 3 aromatic rings. The van der Waals surface area contributed by atoms with Gasteiger partial charge in [-0.25, -0.2) is 0 Å². The second-order valence-corrected chi connectivity index (χ2v) is 6.25. The number of carbonyl (C=O) groups is 1. The summed E-state index contributed by atoms with van der Waals surface area (Å²) in [6.45, 7) is 4.32. The van der Waals surface area contributed by atoms with Gasteiger partial charge in [0.2, 0.25) is 0 Å². The molecule has 0 fully saturated rings. The van der Waals surface area contributed by atoms with E-state index in [-0.39, 0.29) is 12.0 Å². The molecule has 0 saturated heterocycles. The molecule has 0 atom stereocenters. The van der Waals surface area contributed by atoms with Crippen LogP contribution in [-0.2, 0) is 6.54 Å². The summed E-state index contributed by atoms with van der Waals surface area (Å²) < 4.78 is 5.81. The molecule has 6 nitrogen and oxygen atoms in total. The molecule has 1 amide bonds. The predicted molar refractivity (Wildman–Crippen MR) is 105 cm³/mol. The zero-order chi connectivity index (χ0) is 19.1. The minimum Gasteiger partial charge on any atom is -0.489 e. The molecule has 0 aliphatic rings. The standard InChI is InChI=1S/C21H22N4O2/c1-15(2)27-20-9-4-3-8-19(20)25-18-11-16(12-22-13-18)21(26)24-14-17-7-5-6-10-23-17/h3-13,15,25H,14H2,1-2H3,(H,24,26). The first-order valence-corrected chi connectivity index (χ1v) is 8.77. The molecule has 0 aliphatic heterocycles. The van der Waals surface area contributed by atoms with Crippen LogP contribution in [0.15, 0.2) is 67.1 Å². The van der Waals surface area contributed by atoms with Crippen LogP contribution in [0.2, 0.25) is 0 Å². The van der Waals surface area contributed by atoms with Gasteiger partial charge in [0.15, 0.2) is 0 Å². The second kappa shape index (κ2) is 8.80. The molecule has 2 aromatic heterocycles. The number of aromatic nitrogens is 2. The molecule has 0 unspecified atom stereocenters. The van der Waals surface area contributed by atoms with Gasteiger partial charge in [-0.2, -0.15) is 0 Å². The molecule has 0 aliphatic carbocycles. The number of pyridine rings is 2. The van der Waals surface area contributed by atoms with Crippen molar-refractivity contribution in [1.82, 2.24) is 15.3 Å². The van der Waals surface area contributed by atoms with E-state index in [1.165, 1.54) is 6.20 Å². The smallest absolute Gasteiger partial charge is 0.253 e. The van der Waals surface area contributed by atoms with Crippen LogP contribution < -0.4 is 15.4 Å². The Morgan fingerprint density at radius 1 is 1.11 bits per heavy atom. The molecule has 0 saturated carbocycles. The fourth-order valence-corrected chi connectivity index (χ4v) is 2.49. The molecule has 0 bridgehead atoms. The van der Waals surface area contributed by atoms with E-state index in [2.05, 4.69) is 20.6 Å². The van der Waals surface area contributed by atoms with Crippen molar-refractivity contribution in [1.29, 1.82) is 0 Å². The van der Waals surface area contributed by atoms with Crippen molar-refractivity contribution in [2.75, 3.05) is 5.32 Å². The summed E-state index contributed by atoms with van der Waals surface area (Å²) in [6, 6.07) is 15.0. The Morgan fingerprint density at radius 3 is 2.70 bits per heavy atom. The minimum absolute atomic E-state index is 0.0646. The highest BCUT2D eigenvalue weighted by Crippen LogP contribution is 2.28. The fourth-order valence-electron chi connectivity index (χ4n) is 2.49. The lowest BCUT2D eigenvalue weighted by atomic mass is 10.2. The number of hydrogen-bond donors (Lipinski definition) is 2. The minimum atomic E-state index is -0.205. The highest BCUT2D eigenvalue weighted by Gasteiger charge is 2.09. The Morgan fingerprint density at radius 2 is 1.93 bits per heavy atom. The highest BCUT2D eigenvalue weighted by molar-refractivity contribution is 5.94. The Bertz CT molecular complexity index is 897. The first kappa shape index (κ1) is 18.4. The molecular weight excluding hydrogens is 340 g/mol. The van der Waals surface area contributed by atoms with Gasteiger partial charge in [0.25, 0.3) is 5.91 Å². The van der Waals surface area contributed by atoms with Crippen LogP contribution in [0.5, 0.6) is 5.75 Å². The Balaban J connectivity index is 1.69. The summed E-state index contributed by atoms with van der Waals surface area (Å²) in [5, 5.41) is 6.12.